The van der Waals surface area contributed by atoms with Crippen molar-refractivity contribution in [3.8, 4) is 0 Å². The van der Waals surface area contributed by atoms with Gasteiger partial charge in [0.1, 0.15) is 0 Å². The second-order valence-corrected chi connectivity index (χ2v) is 5.57. The van der Waals surface area contributed by atoms with E-state index in [1.54, 1.807) is 12.1 Å². The molecule has 1 aliphatic rings. The van der Waals surface area contributed by atoms with Crippen molar-refractivity contribution < 1.29 is 9.53 Å². The first kappa shape index (κ1) is 15.6. The summed E-state index contributed by atoms with van der Waals surface area (Å²) in [5.41, 5.74) is 8.15. The first-order chi connectivity index (χ1) is 10.1. The topological polar surface area (TPSA) is 67.6 Å². The van der Waals surface area contributed by atoms with E-state index < -0.39 is 0 Å². The molecule has 1 fully saturated rings. The van der Waals surface area contributed by atoms with Crippen LogP contribution in [0.3, 0.4) is 0 Å². The predicted molar refractivity (Wildman–Crippen MR) is 85.7 cm³/mol. The third-order valence-corrected chi connectivity index (χ3v) is 3.89. The third kappa shape index (κ3) is 4.11. The van der Waals surface area contributed by atoms with Crippen LogP contribution in [0.5, 0.6) is 0 Å². The van der Waals surface area contributed by atoms with Gasteiger partial charge in [0.25, 0.3) is 5.91 Å². The Morgan fingerprint density at radius 1 is 1.43 bits per heavy atom. The van der Waals surface area contributed by atoms with Crippen molar-refractivity contribution in [3.63, 3.8) is 0 Å². The number of nitrogen functional groups attached to an aromatic ring is 1. The smallest absolute Gasteiger partial charge is 0.253 e. The standard InChI is InChI=1S/C16H25N3O2/c1-3-18-16(20)14-5-4-13(17)10-15(14)19(2)11-12-6-8-21-9-7-12/h4-5,10,12H,3,6-9,11,17H2,1-2H3,(H,18,20). The van der Waals surface area contributed by atoms with E-state index in [9.17, 15) is 4.79 Å². The van der Waals surface area contributed by atoms with E-state index >= 15 is 0 Å². The minimum Gasteiger partial charge on any atom is -0.399 e. The van der Waals surface area contributed by atoms with Gasteiger partial charge in [0.15, 0.2) is 0 Å². The monoisotopic (exact) mass is 291 g/mol. The van der Waals surface area contributed by atoms with E-state index in [1.807, 2.05) is 20.0 Å². The fourth-order valence-electron chi connectivity index (χ4n) is 2.73. The molecule has 0 unspecified atom stereocenters. The minimum absolute atomic E-state index is 0.0497. The molecular formula is C16H25N3O2. The van der Waals surface area contributed by atoms with Crippen LogP contribution >= 0.6 is 0 Å². The Morgan fingerprint density at radius 2 is 2.14 bits per heavy atom. The highest BCUT2D eigenvalue weighted by Crippen LogP contribution is 2.25. The highest BCUT2D eigenvalue weighted by atomic mass is 16.5. The Labute approximate surface area is 126 Å². The molecule has 2 rings (SSSR count). The summed E-state index contributed by atoms with van der Waals surface area (Å²) in [5.74, 6) is 0.554. The summed E-state index contributed by atoms with van der Waals surface area (Å²) >= 11 is 0. The second kappa shape index (κ2) is 7.31. The quantitative estimate of drug-likeness (QED) is 0.813. The lowest BCUT2D eigenvalue weighted by atomic mass is 9.99. The number of nitrogens with two attached hydrogens (primary N) is 1. The number of anilines is 2. The summed E-state index contributed by atoms with van der Waals surface area (Å²) in [6, 6.07) is 5.45. The van der Waals surface area contributed by atoms with Crippen molar-refractivity contribution in [1.82, 2.24) is 5.32 Å². The molecule has 0 aromatic heterocycles. The fraction of sp³-hybridized carbons (Fsp3) is 0.562. The number of hydrogen-bond donors (Lipinski definition) is 2. The van der Waals surface area contributed by atoms with E-state index in [-0.39, 0.29) is 5.91 Å². The Bertz CT molecular complexity index is 484. The van der Waals surface area contributed by atoms with Crippen LogP contribution in [0.2, 0.25) is 0 Å². The van der Waals surface area contributed by atoms with Gasteiger partial charge in [0, 0.05) is 39.0 Å². The zero-order chi connectivity index (χ0) is 15.2. The lowest BCUT2D eigenvalue weighted by Crippen LogP contribution is -2.32. The zero-order valence-corrected chi connectivity index (χ0v) is 12.9. The van der Waals surface area contributed by atoms with Crippen LogP contribution < -0.4 is 16.0 Å². The van der Waals surface area contributed by atoms with Gasteiger partial charge in [-0.25, -0.2) is 0 Å². The van der Waals surface area contributed by atoms with Crippen molar-refractivity contribution in [1.29, 1.82) is 0 Å². The summed E-state index contributed by atoms with van der Waals surface area (Å²) in [4.78, 5) is 14.3. The van der Waals surface area contributed by atoms with Gasteiger partial charge < -0.3 is 20.7 Å². The van der Waals surface area contributed by atoms with E-state index in [0.717, 1.165) is 38.3 Å². The molecule has 0 bridgehead atoms. The molecule has 0 saturated carbocycles. The average Bonchev–Trinajstić information content (AvgIpc) is 2.48. The minimum atomic E-state index is -0.0497. The molecule has 0 radical (unpaired) electrons. The largest absolute Gasteiger partial charge is 0.399 e. The summed E-state index contributed by atoms with van der Waals surface area (Å²) in [5, 5.41) is 2.85. The first-order valence-electron chi connectivity index (χ1n) is 7.58. The number of amides is 1. The second-order valence-electron chi connectivity index (χ2n) is 5.57. The first-order valence-corrected chi connectivity index (χ1v) is 7.58. The molecule has 21 heavy (non-hydrogen) atoms. The van der Waals surface area contributed by atoms with E-state index in [1.165, 1.54) is 0 Å². The molecule has 0 spiro atoms. The van der Waals surface area contributed by atoms with E-state index in [2.05, 4.69) is 10.2 Å². The van der Waals surface area contributed by atoms with Gasteiger partial charge in [0.2, 0.25) is 0 Å². The third-order valence-electron chi connectivity index (χ3n) is 3.89. The number of ether oxygens (including phenoxy) is 1. The fourth-order valence-corrected chi connectivity index (χ4v) is 2.73. The SMILES string of the molecule is CCNC(=O)c1ccc(N)cc1N(C)CC1CCOCC1. The van der Waals surface area contributed by atoms with Crippen LogP contribution in [-0.4, -0.2) is 39.3 Å². The summed E-state index contributed by atoms with van der Waals surface area (Å²) in [6.45, 7) is 5.11. The van der Waals surface area contributed by atoms with E-state index in [4.69, 9.17) is 10.5 Å². The highest BCUT2D eigenvalue weighted by Gasteiger charge is 2.19. The summed E-state index contributed by atoms with van der Waals surface area (Å²) in [7, 11) is 2.02. The highest BCUT2D eigenvalue weighted by molar-refractivity contribution is 6.00. The van der Waals surface area contributed by atoms with Crippen LogP contribution in [0.1, 0.15) is 30.1 Å². The number of carbonyl (C=O) groups excluding carboxylic acids is 1. The van der Waals surface area contributed by atoms with Crippen molar-refractivity contribution in [2.75, 3.05) is 44.0 Å². The van der Waals surface area contributed by atoms with Crippen LogP contribution in [0.15, 0.2) is 18.2 Å². The Hall–Kier alpha value is -1.75. The lowest BCUT2D eigenvalue weighted by molar-refractivity contribution is 0.0685. The van der Waals surface area contributed by atoms with Crippen LogP contribution in [-0.2, 0) is 4.74 Å². The predicted octanol–water partition coefficient (Wildman–Crippen LogP) is 1.88. The molecule has 1 aromatic rings. The summed E-state index contributed by atoms with van der Waals surface area (Å²) in [6.07, 6.45) is 2.15. The van der Waals surface area contributed by atoms with Gasteiger partial charge in [-0.2, -0.15) is 0 Å². The van der Waals surface area contributed by atoms with Gasteiger partial charge in [0.05, 0.1) is 11.3 Å². The molecule has 5 heteroatoms. The van der Waals surface area contributed by atoms with Gasteiger partial charge in [-0.05, 0) is 43.9 Å². The van der Waals surface area contributed by atoms with Crippen molar-refractivity contribution >= 4 is 17.3 Å². The number of benzene rings is 1. The molecule has 5 nitrogen and oxygen atoms in total. The zero-order valence-electron chi connectivity index (χ0n) is 12.9. The summed E-state index contributed by atoms with van der Waals surface area (Å²) < 4.78 is 5.40. The molecule has 116 valence electrons. The molecule has 0 atom stereocenters. The number of nitrogens with one attached hydrogen (secondary N) is 1. The van der Waals surface area contributed by atoms with Gasteiger partial charge in [-0.3, -0.25) is 4.79 Å². The van der Waals surface area contributed by atoms with Crippen LogP contribution in [0.25, 0.3) is 0 Å². The number of rotatable bonds is 5. The molecule has 1 saturated heterocycles. The molecular weight excluding hydrogens is 266 g/mol. The molecule has 3 N–H and O–H groups in total. The molecule has 1 aliphatic heterocycles. The van der Waals surface area contributed by atoms with Crippen LogP contribution in [0.4, 0.5) is 11.4 Å². The molecule has 1 amide bonds. The van der Waals surface area contributed by atoms with Crippen LogP contribution in [0, 0.1) is 5.92 Å². The maximum Gasteiger partial charge on any atom is 0.253 e. The van der Waals surface area contributed by atoms with Crippen molar-refractivity contribution in [2.24, 2.45) is 5.92 Å². The molecule has 1 heterocycles. The Morgan fingerprint density at radius 3 is 2.81 bits per heavy atom. The maximum absolute atomic E-state index is 12.2. The maximum atomic E-state index is 12.2. The average molecular weight is 291 g/mol. The normalized spacial score (nSPS) is 15.7. The van der Waals surface area contributed by atoms with E-state index in [0.29, 0.717) is 23.7 Å². The van der Waals surface area contributed by atoms with Crippen molar-refractivity contribution in [2.45, 2.75) is 19.8 Å². The van der Waals surface area contributed by atoms with Gasteiger partial charge >= 0.3 is 0 Å². The van der Waals surface area contributed by atoms with Crippen molar-refractivity contribution in [3.05, 3.63) is 23.8 Å². The number of carbonyl (C=O) groups is 1. The van der Waals surface area contributed by atoms with Gasteiger partial charge in [-0.1, -0.05) is 0 Å². The number of hydrogen-bond acceptors (Lipinski definition) is 4. The van der Waals surface area contributed by atoms with Gasteiger partial charge in [-0.15, -0.1) is 0 Å². The lowest BCUT2D eigenvalue weighted by Gasteiger charge is -2.29. The molecule has 0 aliphatic carbocycles. The molecule has 1 aromatic carbocycles. The Balaban J connectivity index is 2.15. The Kier molecular flexibility index (Phi) is 5.44. The number of nitrogens with zero attached hydrogens (tertiary/aromatic N) is 1.